The molecule has 2 atom stereocenters. The number of pyridine rings is 1. The van der Waals surface area contributed by atoms with Gasteiger partial charge in [-0.3, -0.25) is 0 Å². The van der Waals surface area contributed by atoms with E-state index in [1.54, 1.807) is 12.3 Å². The molecule has 1 aromatic carbocycles. The Hall–Kier alpha value is -3.09. The Bertz CT molecular complexity index is 989. The number of urea groups is 1. The summed E-state index contributed by atoms with van der Waals surface area (Å²) < 4.78 is 18.8. The standard InChI is InChI=1S/C21H23FN4O2/c1-14-13-25(16-6-8-23-20(22)12-16)9-10-26(14)21(27)24-15(2)17-4-3-5-19-18(17)7-11-28-19/h3-8,11-12,14-15H,9-10,13H2,1-2H3,(H,24,27)/t14-,15-/m1/s1. The number of piperazine rings is 1. The Morgan fingerprint density at radius 1 is 1.32 bits per heavy atom. The van der Waals surface area contributed by atoms with Gasteiger partial charge in [-0.1, -0.05) is 12.1 Å². The van der Waals surface area contributed by atoms with Crippen LogP contribution in [0.2, 0.25) is 0 Å². The molecule has 3 heterocycles. The van der Waals surface area contributed by atoms with Crippen LogP contribution in [0.5, 0.6) is 0 Å². The lowest BCUT2D eigenvalue weighted by atomic mass is 10.0. The molecule has 6 nitrogen and oxygen atoms in total. The summed E-state index contributed by atoms with van der Waals surface area (Å²) in [5, 5.41) is 4.11. The van der Waals surface area contributed by atoms with Crippen molar-refractivity contribution in [3.05, 3.63) is 60.4 Å². The van der Waals surface area contributed by atoms with Crippen LogP contribution in [0.3, 0.4) is 0 Å². The number of carbonyl (C=O) groups excluding carboxylic acids is 1. The van der Waals surface area contributed by atoms with Gasteiger partial charge in [-0.15, -0.1) is 0 Å². The Kier molecular flexibility index (Phi) is 4.90. The van der Waals surface area contributed by atoms with E-state index in [2.05, 4.69) is 15.2 Å². The number of anilines is 1. The Balaban J connectivity index is 1.42. The van der Waals surface area contributed by atoms with E-state index in [4.69, 9.17) is 4.42 Å². The van der Waals surface area contributed by atoms with Crippen LogP contribution in [0, 0.1) is 5.95 Å². The van der Waals surface area contributed by atoms with Crippen molar-refractivity contribution in [2.45, 2.75) is 25.9 Å². The summed E-state index contributed by atoms with van der Waals surface area (Å²) >= 11 is 0. The molecule has 28 heavy (non-hydrogen) atoms. The summed E-state index contributed by atoms with van der Waals surface area (Å²) in [5.74, 6) is -0.493. The minimum Gasteiger partial charge on any atom is -0.464 e. The molecule has 0 unspecified atom stereocenters. The highest BCUT2D eigenvalue weighted by atomic mass is 19.1. The minimum absolute atomic E-state index is 0.00175. The third-order valence-corrected chi connectivity index (χ3v) is 5.30. The van der Waals surface area contributed by atoms with Crippen LogP contribution in [0.15, 0.2) is 53.3 Å². The average molecular weight is 382 g/mol. The van der Waals surface area contributed by atoms with Gasteiger partial charge in [0.1, 0.15) is 5.58 Å². The van der Waals surface area contributed by atoms with Crippen LogP contribution in [0.1, 0.15) is 25.5 Å². The summed E-state index contributed by atoms with van der Waals surface area (Å²) in [7, 11) is 0. The lowest BCUT2D eigenvalue weighted by molar-refractivity contribution is 0.168. The fourth-order valence-electron chi connectivity index (χ4n) is 3.82. The first-order valence-electron chi connectivity index (χ1n) is 9.42. The number of halogens is 1. The number of nitrogens with zero attached hydrogens (tertiary/aromatic N) is 3. The van der Waals surface area contributed by atoms with Gasteiger partial charge in [0.2, 0.25) is 5.95 Å². The number of hydrogen-bond acceptors (Lipinski definition) is 4. The van der Waals surface area contributed by atoms with Gasteiger partial charge in [-0.2, -0.15) is 4.39 Å². The first kappa shape index (κ1) is 18.3. The summed E-state index contributed by atoms with van der Waals surface area (Å²) in [6, 6.07) is 10.7. The topological polar surface area (TPSA) is 61.6 Å². The predicted molar refractivity (Wildman–Crippen MR) is 106 cm³/mol. The molecule has 1 aliphatic heterocycles. The van der Waals surface area contributed by atoms with Crippen molar-refractivity contribution in [1.29, 1.82) is 0 Å². The second-order valence-corrected chi connectivity index (χ2v) is 7.18. The van der Waals surface area contributed by atoms with Gasteiger partial charge in [0, 0.05) is 49.0 Å². The van der Waals surface area contributed by atoms with E-state index in [1.807, 2.05) is 43.0 Å². The molecule has 1 saturated heterocycles. The summed E-state index contributed by atoms with van der Waals surface area (Å²) in [4.78, 5) is 20.4. The van der Waals surface area contributed by atoms with Crippen molar-refractivity contribution >= 4 is 22.7 Å². The zero-order chi connectivity index (χ0) is 19.7. The van der Waals surface area contributed by atoms with Crippen molar-refractivity contribution in [2.24, 2.45) is 0 Å². The number of amides is 2. The molecule has 1 fully saturated rings. The van der Waals surface area contributed by atoms with E-state index in [1.165, 1.54) is 12.3 Å². The lowest BCUT2D eigenvalue weighted by Crippen LogP contribution is -2.56. The Morgan fingerprint density at radius 3 is 2.96 bits per heavy atom. The number of furan rings is 1. The highest BCUT2D eigenvalue weighted by Gasteiger charge is 2.28. The second-order valence-electron chi connectivity index (χ2n) is 7.18. The molecule has 146 valence electrons. The maximum atomic E-state index is 13.4. The fraction of sp³-hybridized carbons (Fsp3) is 0.333. The van der Waals surface area contributed by atoms with E-state index in [0.717, 1.165) is 22.2 Å². The number of fused-ring (bicyclic) bond motifs is 1. The van der Waals surface area contributed by atoms with Crippen LogP contribution in [0.4, 0.5) is 14.9 Å². The van der Waals surface area contributed by atoms with E-state index >= 15 is 0 Å². The van der Waals surface area contributed by atoms with Gasteiger partial charge in [0.25, 0.3) is 0 Å². The highest BCUT2D eigenvalue weighted by molar-refractivity contribution is 5.82. The van der Waals surface area contributed by atoms with Crippen molar-refractivity contribution in [3.63, 3.8) is 0 Å². The normalized spacial score (nSPS) is 18.3. The lowest BCUT2D eigenvalue weighted by Gasteiger charge is -2.41. The Morgan fingerprint density at radius 2 is 2.18 bits per heavy atom. The third-order valence-electron chi connectivity index (χ3n) is 5.30. The zero-order valence-electron chi connectivity index (χ0n) is 15.9. The number of carbonyl (C=O) groups is 1. The molecule has 1 aliphatic rings. The summed E-state index contributed by atoms with van der Waals surface area (Å²) in [6.45, 7) is 5.83. The number of hydrogen-bond donors (Lipinski definition) is 1. The van der Waals surface area contributed by atoms with E-state index < -0.39 is 5.95 Å². The second kappa shape index (κ2) is 7.50. The molecule has 2 aromatic heterocycles. The quantitative estimate of drug-likeness (QED) is 0.697. The minimum atomic E-state index is -0.493. The number of rotatable bonds is 3. The summed E-state index contributed by atoms with van der Waals surface area (Å²) in [6.07, 6.45) is 3.12. The van der Waals surface area contributed by atoms with Gasteiger partial charge in [0.05, 0.1) is 12.3 Å². The van der Waals surface area contributed by atoms with E-state index in [-0.39, 0.29) is 18.1 Å². The highest BCUT2D eigenvalue weighted by Crippen LogP contribution is 2.26. The smallest absolute Gasteiger partial charge is 0.318 e. The van der Waals surface area contributed by atoms with Crippen LogP contribution < -0.4 is 10.2 Å². The fourth-order valence-corrected chi connectivity index (χ4v) is 3.82. The van der Waals surface area contributed by atoms with Crippen LogP contribution in [-0.4, -0.2) is 41.6 Å². The maximum Gasteiger partial charge on any atom is 0.318 e. The van der Waals surface area contributed by atoms with Gasteiger partial charge in [-0.05, 0) is 37.6 Å². The van der Waals surface area contributed by atoms with Gasteiger partial charge >= 0.3 is 6.03 Å². The summed E-state index contributed by atoms with van der Waals surface area (Å²) in [5.41, 5.74) is 2.63. The monoisotopic (exact) mass is 382 g/mol. The van der Waals surface area contributed by atoms with Crippen LogP contribution in [0.25, 0.3) is 11.0 Å². The van der Waals surface area contributed by atoms with Crippen molar-refractivity contribution in [2.75, 3.05) is 24.5 Å². The number of aromatic nitrogens is 1. The van der Waals surface area contributed by atoms with Gasteiger partial charge in [-0.25, -0.2) is 9.78 Å². The molecule has 2 amide bonds. The number of nitrogens with one attached hydrogen (secondary N) is 1. The van der Waals surface area contributed by atoms with Crippen LogP contribution >= 0.6 is 0 Å². The van der Waals surface area contributed by atoms with Crippen LogP contribution in [-0.2, 0) is 0 Å². The third kappa shape index (κ3) is 3.52. The molecule has 0 radical (unpaired) electrons. The zero-order valence-corrected chi connectivity index (χ0v) is 15.9. The van der Waals surface area contributed by atoms with Crippen molar-refractivity contribution in [1.82, 2.24) is 15.2 Å². The molecule has 1 N–H and O–H groups in total. The molecule has 0 bridgehead atoms. The first-order valence-corrected chi connectivity index (χ1v) is 9.42. The number of benzene rings is 1. The molecule has 0 aliphatic carbocycles. The largest absolute Gasteiger partial charge is 0.464 e. The SMILES string of the molecule is C[C@@H]1CN(c2ccnc(F)c2)CCN1C(=O)N[C@H](C)c1cccc2occc12. The average Bonchev–Trinajstić information content (AvgIpc) is 3.16. The molecule has 7 heteroatoms. The van der Waals surface area contributed by atoms with Gasteiger partial charge in [0.15, 0.2) is 0 Å². The molecular weight excluding hydrogens is 359 g/mol. The van der Waals surface area contributed by atoms with Crippen molar-refractivity contribution in [3.8, 4) is 0 Å². The Labute approximate surface area is 162 Å². The predicted octanol–water partition coefficient (Wildman–Crippen LogP) is 3.95. The molecule has 0 saturated carbocycles. The molecule has 0 spiro atoms. The van der Waals surface area contributed by atoms with Gasteiger partial charge < -0.3 is 19.5 Å². The van der Waals surface area contributed by atoms with E-state index in [0.29, 0.717) is 19.6 Å². The maximum absolute atomic E-state index is 13.4. The molecule has 4 rings (SSSR count). The molecule has 3 aromatic rings. The molecular formula is C21H23FN4O2. The van der Waals surface area contributed by atoms with E-state index in [9.17, 15) is 9.18 Å². The van der Waals surface area contributed by atoms with Crippen molar-refractivity contribution < 1.29 is 13.6 Å². The first-order chi connectivity index (χ1) is 13.5.